The predicted molar refractivity (Wildman–Crippen MR) is 103 cm³/mol. The predicted octanol–water partition coefficient (Wildman–Crippen LogP) is 4.72. The Balaban J connectivity index is 1.74. The van der Waals surface area contributed by atoms with E-state index in [2.05, 4.69) is 17.4 Å². The third-order valence-electron chi connectivity index (χ3n) is 3.74. The lowest BCUT2D eigenvalue weighted by Gasteiger charge is -2.10. The summed E-state index contributed by atoms with van der Waals surface area (Å²) in [4.78, 5) is 13.6. The van der Waals surface area contributed by atoms with Crippen LogP contribution in [0.2, 0.25) is 0 Å². The van der Waals surface area contributed by atoms with E-state index in [0.29, 0.717) is 11.3 Å². The lowest BCUT2D eigenvalue weighted by atomic mass is 10.2. The Hall–Kier alpha value is -2.56. The summed E-state index contributed by atoms with van der Waals surface area (Å²) < 4.78 is 0. The third-order valence-corrected chi connectivity index (χ3v) is 4.88. The molecule has 0 aliphatic rings. The second-order valence-electron chi connectivity index (χ2n) is 5.58. The van der Waals surface area contributed by atoms with Crippen molar-refractivity contribution in [2.75, 3.05) is 5.32 Å². The first-order chi connectivity index (χ1) is 12.3. The molecule has 3 nitrogen and oxygen atoms in total. The molecule has 0 aliphatic heterocycles. The zero-order valence-corrected chi connectivity index (χ0v) is 14.5. The molecule has 0 atom stereocenters. The zero-order chi connectivity index (χ0) is 17.5. The maximum Gasteiger partial charge on any atom is 0.256 e. The summed E-state index contributed by atoms with van der Waals surface area (Å²) in [5.41, 5.74) is 3.32. The van der Waals surface area contributed by atoms with E-state index in [1.165, 1.54) is 5.56 Å². The number of nitrogens with one attached hydrogen (secondary N) is 1. The van der Waals surface area contributed by atoms with Crippen LogP contribution in [-0.4, -0.2) is 11.0 Å². The van der Waals surface area contributed by atoms with Gasteiger partial charge in [-0.2, -0.15) is 0 Å². The van der Waals surface area contributed by atoms with Gasteiger partial charge in [-0.15, -0.1) is 11.8 Å². The van der Waals surface area contributed by atoms with Crippen molar-refractivity contribution in [1.82, 2.24) is 0 Å². The molecular weight excluding hydrogens is 330 g/mol. The first-order valence-electron chi connectivity index (χ1n) is 8.03. The van der Waals surface area contributed by atoms with Crippen molar-refractivity contribution in [3.63, 3.8) is 0 Å². The van der Waals surface area contributed by atoms with Crippen LogP contribution in [0.3, 0.4) is 0 Å². The fourth-order valence-electron chi connectivity index (χ4n) is 2.46. The molecule has 0 radical (unpaired) electrons. The number of rotatable bonds is 6. The topological polar surface area (TPSA) is 49.3 Å². The lowest BCUT2D eigenvalue weighted by molar-refractivity contribution is 0.102. The second-order valence-corrected chi connectivity index (χ2v) is 6.60. The maximum absolute atomic E-state index is 12.7. The Kier molecular flexibility index (Phi) is 5.88. The molecule has 0 saturated carbocycles. The molecule has 0 aliphatic carbocycles. The van der Waals surface area contributed by atoms with Crippen molar-refractivity contribution >= 4 is 23.4 Å². The van der Waals surface area contributed by atoms with E-state index in [1.54, 1.807) is 17.8 Å². The number of hydrogen-bond acceptors (Lipinski definition) is 3. The largest absolute Gasteiger partial charge is 0.392 e. The number of aliphatic hydroxyl groups is 1. The van der Waals surface area contributed by atoms with E-state index in [9.17, 15) is 9.90 Å². The molecule has 0 heterocycles. The third kappa shape index (κ3) is 4.72. The van der Waals surface area contributed by atoms with Crippen LogP contribution in [0.5, 0.6) is 0 Å². The zero-order valence-electron chi connectivity index (χ0n) is 13.7. The first kappa shape index (κ1) is 17.3. The number of hydrogen-bond donors (Lipinski definition) is 2. The Morgan fingerprint density at radius 3 is 2.40 bits per heavy atom. The SMILES string of the molecule is O=C(Nc1cccc(CO)c1)c1ccccc1SCc1ccccc1. The highest BCUT2D eigenvalue weighted by Crippen LogP contribution is 2.27. The summed E-state index contributed by atoms with van der Waals surface area (Å²) in [5, 5.41) is 12.1. The molecular formula is C21H19NO2S. The minimum Gasteiger partial charge on any atom is -0.392 e. The van der Waals surface area contributed by atoms with Gasteiger partial charge in [0.2, 0.25) is 0 Å². The monoisotopic (exact) mass is 349 g/mol. The average molecular weight is 349 g/mol. The Morgan fingerprint density at radius 2 is 1.60 bits per heavy atom. The molecule has 0 aromatic heterocycles. The van der Waals surface area contributed by atoms with Crippen LogP contribution in [0.1, 0.15) is 21.5 Å². The van der Waals surface area contributed by atoms with E-state index in [4.69, 9.17) is 0 Å². The van der Waals surface area contributed by atoms with Crippen LogP contribution >= 0.6 is 11.8 Å². The van der Waals surface area contributed by atoms with E-state index in [1.807, 2.05) is 60.7 Å². The number of amides is 1. The Morgan fingerprint density at radius 1 is 0.880 bits per heavy atom. The summed E-state index contributed by atoms with van der Waals surface area (Å²) in [7, 11) is 0. The van der Waals surface area contributed by atoms with Crippen molar-refractivity contribution in [3.8, 4) is 0 Å². The van der Waals surface area contributed by atoms with Gasteiger partial charge in [-0.05, 0) is 35.4 Å². The minimum atomic E-state index is -0.147. The number of thioether (sulfide) groups is 1. The quantitative estimate of drug-likeness (QED) is 0.633. The number of carbonyl (C=O) groups excluding carboxylic acids is 1. The number of benzene rings is 3. The number of carbonyl (C=O) groups is 1. The summed E-state index contributed by atoms with van der Waals surface area (Å²) in [6, 6.07) is 25.0. The normalized spacial score (nSPS) is 10.4. The van der Waals surface area contributed by atoms with Crippen LogP contribution in [0.4, 0.5) is 5.69 Å². The van der Waals surface area contributed by atoms with Crippen molar-refractivity contribution in [1.29, 1.82) is 0 Å². The van der Waals surface area contributed by atoms with E-state index in [0.717, 1.165) is 16.2 Å². The summed E-state index contributed by atoms with van der Waals surface area (Å²) in [6.45, 7) is -0.0484. The molecule has 0 unspecified atom stereocenters. The number of anilines is 1. The summed E-state index contributed by atoms with van der Waals surface area (Å²) >= 11 is 1.65. The molecule has 0 bridgehead atoms. The highest BCUT2D eigenvalue weighted by molar-refractivity contribution is 7.98. The van der Waals surface area contributed by atoms with Gasteiger partial charge in [0, 0.05) is 16.3 Å². The molecule has 0 saturated heterocycles. The molecule has 0 spiro atoms. The van der Waals surface area contributed by atoms with Gasteiger partial charge in [0.1, 0.15) is 0 Å². The summed E-state index contributed by atoms with van der Waals surface area (Å²) in [6.07, 6.45) is 0. The van der Waals surface area contributed by atoms with Crippen molar-refractivity contribution in [2.45, 2.75) is 17.3 Å². The maximum atomic E-state index is 12.7. The molecule has 3 rings (SSSR count). The molecule has 1 amide bonds. The van der Waals surface area contributed by atoms with Gasteiger partial charge in [-0.1, -0.05) is 54.6 Å². The first-order valence-corrected chi connectivity index (χ1v) is 9.02. The molecule has 126 valence electrons. The van der Waals surface area contributed by atoms with E-state index >= 15 is 0 Å². The van der Waals surface area contributed by atoms with Gasteiger partial charge >= 0.3 is 0 Å². The second kappa shape index (κ2) is 8.51. The van der Waals surface area contributed by atoms with E-state index in [-0.39, 0.29) is 12.5 Å². The minimum absolute atomic E-state index is 0.0484. The molecule has 25 heavy (non-hydrogen) atoms. The molecule has 0 fully saturated rings. The molecule has 4 heteroatoms. The Bertz CT molecular complexity index is 849. The molecule has 2 N–H and O–H groups in total. The van der Waals surface area contributed by atoms with Crippen LogP contribution in [0.15, 0.2) is 83.8 Å². The van der Waals surface area contributed by atoms with Crippen LogP contribution in [-0.2, 0) is 12.4 Å². The highest BCUT2D eigenvalue weighted by atomic mass is 32.2. The smallest absolute Gasteiger partial charge is 0.256 e. The van der Waals surface area contributed by atoms with Crippen LogP contribution in [0, 0.1) is 0 Å². The summed E-state index contributed by atoms with van der Waals surface area (Å²) in [5.74, 6) is 0.664. The Labute approximate surface area is 151 Å². The van der Waals surface area contributed by atoms with Gasteiger partial charge < -0.3 is 10.4 Å². The van der Waals surface area contributed by atoms with E-state index < -0.39 is 0 Å². The van der Waals surface area contributed by atoms with Crippen molar-refractivity contribution in [2.24, 2.45) is 0 Å². The fourth-order valence-corrected chi connectivity index (χ4v) is 3.47. The van der Waals surface area contributed by atoms with Crippen molar-refractivity contribution in [3.05, 3.63) is 95.6 Å². The average Bonchev–Trinajstić information content (AvgIpc) is 2.67. The van der Waals surface area contributed by atoms with Gasteiger partial charge in [-0.3, -0.25) is 4.79 Å². The van der Waals surface area contributed by atoms with Gasteiger partial charge in [0.15, 0.2) is 0 Å². The standard InChI is InChI=1S/C21H19NO2S/c23-14-17-9-6-10-18(13-17)22-21(24)19-11-4-5-12-20(19)25-15-16-7-2-1-3-8-16/h1-13,23H,14-15H2,(H,22,24). The van der Waals surface area contributed by atoms with Crippen molar-refractivity contribution < 1.29 is 9.90 Å². The van der Waals surface area contributed by atoms with Gasteiger partial charge in [0.25, 0.3) is 5.91 Å². The molecule has 3 aromatic carbocycles. The lowest BCUT2D eigenvalue weighted by Crippen LogP contribution is -2.13. The number of aliphatic hydroxyl groups excluding tert-OH is 1. The van der Waals surface area contributed by atoms with Crippen LogP contribution < -0.4 is 5.32 Å². The van der Waals surface area contributed by atoms with Gasteiger partial charge in [0.05, 0.1) is 12.2 Å². The fraction of sp³-hybridized carbons (Fsp3) is 0.0952. The molecule has 3 aromatic rings. The highest BCUT2D eigenvalue weighted by Gasteiger charge is 2.12. The van der Waals surface area contributed by atoms with Crippen LogP contribution in [0.25, 0.3) is 0 Å². The van der Waals surface area contributed by atoms with Gasteiger partial charge in [-0.25, -0.2) is 0 Å².